The normalized spacial score (nSPS) is 10.1. The van der Waals surface area contributed by atoms with Crippen LogP contribution < -0.4 is 16.2 Å². The van der Waals surface area contributed by atoms with Crippen molar-refractivity contribution in [2.45, 2.75) is 0 Å². The summed E-state index contributed by atoms with van der Waals surface area (Å²) in [7, 11) is 0. The molecule has 2 amide bonds. The van der Waals surface area contributed by atoms with Crippen molar-refractivity contribution in [1.29, 1.82) is 0 Å². The third-order valence-corrected chi connectivity index (χ3v) is 3.77. The Morgan fingerprint density at radius 1 is 1.04 bits per heavy atom. The van der Waals surface area contributed by atoms with Gasteiger partial charge in [0.15, 0.2) is 0 Å². The lowest BCUT2D eigenvalue weighted by Gasteiger charge is -2.11. The molecular formula is C20H15N3O3. The summed E-state index contributed by atoms with van der Waals surface area (Å²) in [5.41, 5.74) is 0.348. The summed E-state index contributed by atoms with van der Waals surface area (Å²) in [6.45, 7) is 0.0824. The Morgan fingerprint density at radius 2 is 1.77 bits per heavy atom. The summed E-state index contributed by atoms with van der Waals surface area (Å²) in [4.78, 5) is 39.4. The highest BCUT2D eigenvalue weighted by Gasteiger charge is 2.15. The SMILES string of the molecule is C#CCNC(=O)c1ccccc1NC(=O)c1cc2ccccc2c(=O)[nH]1. The first-order valence-electron chi connectivity index (χ1n) is 7.84. The van der Waals surface area contributed by atoms with Gasteiger partial charge in [-0.05, 0) is 29.7 Å². The van der Waals surface area contributed by atoms with E-state index in [1.54, 1.807) is 54.6 Å². The fourth-order valence-electron chi connectivity index (χ4n) is 2.54. The monoisotopic (exact) mass is 345 g/mol. The molecule has 3 N–H and O–H groups in total. The summed E-state index contributed by atoms with van der Waals surface area (Å²) in [6, 6.07) is 15.1. The van der Waals surface area contributed by atoms with Crippen LogP contribution in [-0.2, 0) is 0 Å². The highest BCUT2D eigenvalue weighted by Crippen LogP contribution is 2.17. The van der Waals surface area contributed by atoms with Crippen molar-refractivity contribution in [3.8, 4) is 12.3 Å². The van der Waals surface area contributed by atoms with Gasteiger partial charge in [-0.3, -0.25) is 14.4 Å². The zero-order valence-electron chi connectivity index (χ0n) is 13.7. The minimum Gasteiger partial charge on any atom is -0.341 e. The molecule has 6 heteroatoms. The quantitative estimate of drug-likeness (QED) is 0.633. The van der Waals surface area contributed by atoms with Crippen LogP contribution in [0.1, 0.15) is 20.8 Å². The number of carbonyl (C=O) groups excluding carboxylic acids is 2. The van der Waals surface area contributed by atoms with E-state index in [0.717, 1.165) is 0 Å². The van der Waals surface area contributed by atoms with E-state index in [9.17, 15) is 14.4 Å². The summed E-state index contributed by atoms with van der Waals surface area (Å²) >= 11 is 0. The van der Waals surface area contributed by atoms with Gasteiger partial charge in [0.2, 0.25) is 0 Å². The lowest BCUT2D eigenvalue weighted by atomic mass is 10.1. The van der Waals surface area contributed by atoms with Gasteiger partial charge in [0.25, 0.3) is 17.4 Å². The van der Waals surface area contributed by atoms with Gasteiger partial charge >= 0.3 is 0 Å². The van der Waals surface area contributed by atoms with E-state index in [0.29, 0.717) is 16.5 Å². The lowest BCUT2D eigenvalue weighted by molar-refractivity contribution is 0.0959. The molecule has 0 bridgehead atoms. The topological polar surface area (TPSA) is 91.1 Å². The average molecular weight is 345 g/mol. The van der Waals surface area contributed by atoms with Gasteiger partial charge in [-0.25, -0.2) is 0 Å². The Kier molecular flexibility index (Phi) is 4.81. The largest absolute Gasteiger partial charge is 0.341 e. The molecule has 1 heterocycles. The van der Waals surface area contributed by atoms with Crippen LogP contribution in [0, 0.1) is 12.3 Å². The molecule has 0 radical (unpaired) electrons. The predicted octanol–water partition coefficient (Wildman–Crippen LogP) is 2.14. The number of hydrogen-bond donors (Lipinski definition) is 3. The number of amides is 2. The minimum atomic E-state index is -0.523. The second kappa shape index (κ2) is 7.36. The molecule has 6 nitrogen and oxygen atoms in total. The first kappa shape index (κ1) is 17.0. The van der Waals surface area contributed by atoms with Crippen molar-refractivity contribution >= 4 is 28.3 Å². The third-order valence-electron chi connectivity index (χ3n) is 3.77. The number of nitrogens with one attached hydrogen (secondary N) is 3. The third kappa shape index (κ3) is 3.47. The molecule has 0 aliphatic heterocycles. The average Bonchev–Trinajstić information content (AvgIpc) is 2.66. The number of para-hydroxylation sites is 1. The molecule has 26 heavy (non-hydrogen) atoms. The molecule has 2 aromatic carbocycles. The van der Waals surface area contributed by atoms with E-state index in [1.165, 1.54) is 0 Å². The number of benzene rings is 2. The van der Waals surface area contributed by atoms with Gasteiger partial charge in [0.1, 0.15) is 5.69 Å². The molecule has 3 aromatic rings. The smallest absolute Gasteiger partial charge is 0.272 e. The van der Waals surface area contributed by atoms with Gasteiger partial charge in [-0.2, -0.15) is 0 Å². The number of aromatic amines is 1. The van der Waals surface area contributed by atoms with Crippen LogP contribution in [0.3, 0.4) is 0 Å². The Labute approximate surface area is 149 Å². The van der Waals surface area contributed by atoms with Crippen molar-refractivity contribution in [2.75, 3.05) is 11.9 Å². The number of fused-ring (bicyclic) bond motifs is 1. The molecule has 0 spiro atoms. The summed E-state index contributed by atoms with van der Waals surface area (Å²) in [5, 5.41) is 6.36. The van der Waals surface area contributed by atoms with Crippen LogP contribution >= 0.6 is 0 Å². The van der Waals surface area contributed by atoms with Crippen LogP contribution in [-0.4, -0.2) is 23.3 Å². The number of terminal acetylenes is 1. The van der Waals surface area contributed by atoms with Crippen molar-refractivity contribution < 1.29 is 9.59 Å². The Bertz CT molecular complexity index is 1090. The van der Waals surface area contributed by atoms with Crippen LogP contribution in [0.2, 0.25) is 0 Å². The molecule has 0 fully saturated rings. The van der Waals surface area contributed by atoms with Crippen LogP contribution in [0.5, 0.6) is 0 Å². The maximum absolute atomic E-state index is 12.6. The highest BCUT2D eigenvalue weighted by molar-refractivity contribution is 6.09. The molecular weight excluding hydrogens is 330 g/mol. The number of aromatic nitrogens is 1. The molecule has 0 aliphatic carbocycles. The predicted molar refractivity (Wildman–Crippen MR) is 100 cm³/mol. The van der Waals surface area contributed by atoms with E-state index in [-0.39, 0.29) is 23.4 Å². The number of rotatable bonds is 4. The van der Waals surface area contributed by atoms with E-state index in [1.807, 2.05) is 0 Å². The lowest BCUT2D eigenvalue weighted by Crippen LogP contribution is -2.26. The van der Waals surface area contributed by atoms with Crippen LogP contribution in [0.15, 0.2) is 59.4 Å². The first-order valence-corrected chi connectivity index (χ1v) is 7.84. The van der Waals surface area contributed by atoms with Crippen molar-refractivity contribution in [3.63, 3.8) is 0 Å². The molecule has 0 unspecified atom stereocenters. The summed E-state index contributed by atoms with van der Waals surface area (Å²) in [5.74, 6) is 1.40. The standard InChI is InChI=1S/C20H15N3O3/c1-2-11-21-18(24)15-9-5-6-10-16(15)22-20(26)17-12-13-7-3-4-8-14(13)19(25)23-17/h1,3-10,12H,11H2,(H,21,24)(H,22,26)(H,23,25). The second-order valence-electron chi connectivity index (χ2n) is 5.49. The molecule has 3 rings (SSSR count). The van der Waals surface area contributed by atoms with Gasteiger partial charge in [-0.1, -0.05) is 36.3 Å². The molecule has 1 aromatic heterocycles. The fourth-order valence-corrected chi connectivity index (χ4v) is 2.54. The van der Waals surface area contributed by atoms with E-state index in [2.05, 4.69) is 21.5 Å². The molecule has 0 saturated heterocycles. The zero-order chi connectivity index (χ0) is 18.5. The number of hydrogen-bond acceptors (Lipinski definition) is 3. The van der Waals surface area contributed by atoms with Crippen LogP contribution in [0.25, 0.3) is 10.8 Å². The maximum atomic E-state index is 12.6. The van der Waals surface area contributed by atoms with Crippen molar-refractivity contribution in [2.24, 2.45) is 0 Å². The number of anilines is 1. The fraction of sp³-hybridized carbons (Fsp3) is 0.0500. The molecule has 0 saturated carbocycles. The Morgan fingerprint density at radius 3 is 2.58 bits per heavy atom. The Balaban J connectivity index is 1.91. The Hall–Kier alpha value is -3.85. The first-order chi connectivity index (χ1) is 12.6. The van der Waals surface area contributed by atoms with Gasteiger partial charge in [0, 0.05) is 5.39 Å². The van der Waals surface area contributed by atoms with Crippen LogP contribution in [0.4, 0.5) is 5.69 Å². The number of pyridine rings is 1. The summed E-state index contributed by atoms with van der Waals surface area (Å²) in [6.07, 6.45) is 5.14. The van der Waals surface area contributed by atoms with Gasteiger partial charge in [-0.15, -0.1) is 6.42 Å². The van der Waals surface area contributed by atoms with Crippen molar-refractivity contribution in [1.82, 2.24) is 10.3 Å². The molecule has 0 aliphatic rings. The maximum Gasteiger partial charge on any atom is 0.272 e. The number of H-pyrrole nitrogens is 1. The minimum absolute atomic E-state index is 0.0824. The highest BCUT2D eigenvalue weighted by atomic mass is 16.2. The van der Waals surface area contributed by atoms with Crippen molar-refractivity contribution in [3.05, 3.63) is 76.2 Å². The van der Waals surface area contributed by atoms with Gasteiger partial charge < -0.3 is 15.6 Å². The zero-order valence-corrected chi connectivity index (χ0v) is 13.7. The molecule has 0 atom stereocenters. The van der Waals surface area contributed by atoms with E-state index in [4.69, 9.17) is 6.42 Å². The second-order valence-corrected chi connectivity index (χ2v) is 5.49. The number of carbonyl (C=O) groups is 2. The van der Waals surface area contributed by atoms with E-state index < -0.39 is 11.8 Å². The summed E-state index contributed by atoms with van der Waals surface area (Å²) < 4.78 is 0. The molecule has 128 valence electrons. The van der Waals surface area contributed by atoms with E-state index >= 15 is 0 Å². The van der Waals surface area contributed by atoms with Gasteiger partial charge in [0.05, 0.1) is 17.8 Å².